The predicted octanol–water partition coefficient (Wildman–Crippen LogP) is 1.91. The smallest absolute Gasteiger partial charge is 0.356 e. The van der Waals surface area contributed by atoms with Crippen molar-refractivity contribution in [3.05, 3.63) is 47.5 Å². The second-order valence-electron chi connectivity index (χ2n) is 4.70. The van der Waals surface area contributed by atoms with Crippen LogP contribution < -0.4 is 4.74 Å². The number of nitrogens with zero attached hydrogens (tertiary/aromatic N) is 3. The summed E-state index contributed by atoms with van der Waals surface area (Å²) in [5, 5.41) is 9.05. The van der Waals surface area contributed by atoms with Crippen molar-refractivity contribution in [2.24, 2.45) is 0 Å². The van der Waals surface area contributed by atoms with Gasteiger partial charge in [-0.25, -0.2) is 9.78 Å². The number of aromatic nitrogens is 2. The van der Waals surface area contributed by atoms with E-state index in [0.717, 1.165) is 11.3 Å². The maximum atomic E-state index is 11.8. The molecule has 0 saturated carbocycles. The molecule has 0 fully saturated rings. The number of methoxy groups -OCH3 is 1. The summed E-state index contributed by atoms with van der Waals surface area (Å²) in [7, 11) is 1.34. The number of hydrogen-bond donors (Lipinski definition) is 0. The lowest BCUT2D eigenvalue weighted by Crippen LogP contribution is -2.23. The van der Waals surface area contributed by atoms with Crippen LogP contribution in [0.2, 0.25) is 0 Å². The SMILES string of the molecule is COC(=O)c1cncn1C1CCOc2ccc(C#N)cc21. The lowest BCUT2D eigenvalue weighted by Gasteiger charge is -2.27. The number of nitriles is 1. The van der Waals surface area contributed by atoms with Gasteiger partial charge in [-0.05, 0) is 18.2 Å². The first-order valence-corrected chi connectivity index (χ1v) is 6.51. The number of fused-ring (bicyclic) bond motifs is 1. The third kappa shape index (κ3) is 2.23. The molecule has 0 N–H and O–H groups in total. The Morgan fingerprint density at radius 2 is 2.43 bits per heavy atom. The Balaban J connectivity index is 2.08. The molecule has 0 spiro atoms. The van der Waals surface area contributed by atoms with Gasteiger partial charge in [-0.3, -0.25) is 0 Å². The van der Waals surface area contributed by atoms with Crippen molar-refractivity contribution < 1.29 is 14.3 Å². The van der Waals surface area contributed by atoms with E-state index >= 15 is 0 Å². The molecule has 0 radical (unpaired) electrons. The Morgan fingerprint density at radius 3 is 3.19 bits per heavy atom. The highest BCUT2D eigenvalue weighted by atomic mass is 16.5. The van der Waals surface area contributed by atoms with E-state index in [4.69, 9.17) is 14.7 Å². The number of hydrogen-bond acceptors (Lipinski definition) is 5. The monoisotopic (exact) mass is 283 g/mol. The average Bonchev–Trinajstić information content (AvgIpc) is 3.02. The fraction of sp³-hybridized carbons (Fsp3) is 0.267. The van der Waals surface area contributed by atoms with Crippen molar-refractivity contribution in [3.63, 3.8) is 0 Å². The van der Waals surface area contributed by atoms with Crippen molar-refractivity contribution in [1.29, 1.82) is 5.26 Å². The Labute approximate surface area is 121 Å². The van der Waals surface area contributed by atoms with E-state index in [0.29, 0.717) is 24.3 Å². The molecule has 0 aliphatic carbocycles. The zero-order valence-electron chi connectivity index (χ0n) is 11.4. The van der Waals surface area contributed by atoms with E-state index in [1.54, 1.807) is 29.1 Å². The molecule has 6 heteroatoms. The van der Waals surface area contributed by atoms with Gasteiger partial charge in [-0.2, -0.15) is 5.26 Å². The first-order valence-electron chi connectivity index (χ1n) is 6.51. The van der Waals surface area contributed by atoms with Gasteiger partial charge >= 0.3 is 5.97 Å². The molecule has 0 amide bonds. The zero-order chi connectivity index (χ0) is 14.8. The summed E-state index contributed by atoms with van der Waals surface area (Å²) in [6.07, 6.45) is 3.78. The van der Waals surface area contributed by atoms with Crippen LogP contribution in [0, 0.1) is 11.3 Å². The van der Waals surface area contributed by atoms with Crippen LogP contribution in [0.15, 0.2) is 30.7 Å². The molecule has 21 heavy (non-hydrogen) atoms. The van der Waals surface area contributed by atoms with Crippen molar-refractivity contribution >= 4 is 5.97 Å². The molecular weight excluding hydrogens is 270 g/mol. The number of carbonyl (C=O) groups excluding carboxylic acids is 1. The van der Waals surface area contributed by atoms with Crippen molar-refractivity contribution in [2.45, 2.75) is 12.5 Å². The van der Waals surface area contributed by atoms with E-state index < -0.39 is 5.97 Å². The van der Waals surface area contributed by atoms with E-state index in [-0.39, 0.29) is 6.04 Å². The van der Waals surface area contributed by atoms with Crippen LogP contribution in [0.5, 0.6) is 5.75 Å². The van der Waals surface area contributed by atoms with Gasteiger partial charge in [0.2, 0.25) is 0 Å². The Kier molecular flexibility index (Phi) is 3.32. The van der Waals surface area contributed by atoms with Gasteiger partial charge in [0, 0.05) is 12.0 Å². The average molecular weight is 283 g/mol. The van der Waals surface area contributed by atoms with Gasteiger partial charge in [0.25, 0.3) is 0 Å². The minimum atomic E-state index is -0.433. The van der Waals surface area contributed by atoms with E-state index in [1.807, 2.05) is 0 Å². The third-order valence-electron chi connectivity index (χ3n) is 3.54. The summed E-state index contributed by atoms with van der Waals surface area (Å²) in [5.41, 5.74) is 1.82. The van der Waals surface area contributed by atoms with Gasteiger partial charge in [0.1, 0.15) is 11.4 Å². The molecule has 1 aromatic carbocycles. The van der Waals surface area contributed by atoms with Crippen LogP contribution in [-0.2, 0) is 4.74 Å². The highest BCUT2D eigenvalue weighted by Crippen LogP contribution is 2.36. The predicted molar refractivity (Wildman–Crippen MR) is 73.0 cm³/mol. The quantitative estimate of drug-likeness (QED) is 0.787. The standard InChI is InChI=1S/C15H13N3O3/c1-20-15(19)13-8-17-9-18(13)12-4-5-21-14-3-2-10(7-16)6-11(12)14/h2-3,6,8-9,12H,4-5H2,1H3. The minimum Gasteiger partial charge on any atom is -0.493 e. The van der Waals surface area contributed by atoms with Gasteiger partial charge in [0.05, 0.1) is 43.9 Å². The Bertz CT molecular complexity index is 730. The number of carbonyl (C=O) groups is 1. The molecule has 1 atom stereocenters. The molecule has 2 heterocycles. The number of imidazole rings is 1. The van der Waals surface area contributed by atoms with E-state index in [9.17, 15) is 4.79 Å². The number of esters is 1. The molecule has 1 aliphatic rings. The maximum absolute atomic E-state index is 11.8. The second-order valence-corrected chi connectivity index (χ2v) is 4.70. The van der Waals surface area contributed by atoms with Gasteiger partial charge < -0.3 is 14.0 Å². The van der Waals surface area contributed by atoms with Crippen LogP contribution in [0.25, 0.3) is 0 Å². The van der Waals surface area contributed by atoms with Crippen LogP contribution in [0.3, 0.4) is 0 Å². The lowest BCUT2D eigenvalue weighted by molar-refractivity contribution is 0.0585. The highest BCUT2D eigenvalue weighted by molar-refractivity contribution is 5.87. The van der Waals surface area contributed by atoms with Crippen LogP contribution in [-0.4, -0.2) is 29.2 Å². The lowest BCUT2D eigenvalue weighted by atomic mass is 9.98. The van der Waals surface area contributed by atoms with Crippen LogP contribution in [0.4, 0.5) is 0 Å². The van der Waals surface area contributed by atoms with Crippen molar-refractivity contribution in [3.8, 4) is 11.8 Å². The molecule has 0 bridgehead atoms. The van der Waals surface area contributed by atoms with Crippen molar-refractivity contribution in [1.82, 2.24) is 9.55 Å². The third-order valence-corrected chi connectivity index (χ3v) is 3.54. The molecule has 1 unspecified atom stereocenters. The summed E-state index contributed by atoms with van der Waals surface area (Å²) >= 11 is 0. The molecule has 3 rings (SSSR count). The molecule has 6 nitrogen and oxygen atoms in total. The fourth-order valence-corrected chi connectivity index (χ4v) is 2.55. The Hall–Kier alpha value is -2.81. The summed E-state index contributed by atoms with van der Waals surface area (Å²) in [6, 6.07) is 7.32. The molecule has 0 saturated heterocycles. The van der Waals surface area contributed by atoms with Gasteiger partial charge in [-0.1, -0.05) is 0 Å². The number of rotatable bonds is 2. The summed E-state index contributed by atoms with van der Waals surface area (Å²) < 4.78 is 12.2. The van der Waals surface area contributed by atoms with Crippen LogP contribution in [0.1, 0.15) is 34.1 Å². The van der Waals surface area contributed by atoms with Crippen molar-refractivity contribution in [2.75, 3.05) is 13.7 Å². The number of benzene rings is 1. The molecule has 106 valence electrons. The first-order chi connectivity index (χ1) is 10.2. The minimum absolute atomic E-state index is 0.0985. The van der Waals surface area contributed by atoms with Crippen LogP contribution >= 0.6 is 0 Å². The van der Waals surface area contributed by atoms with Gasteiger partial charge in [0.15, 0.2) is 0 Å². The highest BCUT2D eigenvalue weighted by Gasteiger charge is 2.26. The molecule has 1 aliphatic heterocycles. The number of ether oxygens (including phenoxy) is 2. The summed E-state index contributed by atoms with van der Waals surface area (Å²) in [4.78, 5) is 15.8. The van der Waals surface area contributed by atoms with E-state index in [2.05, 4.69) is 11.1 Å². The summed E-state index contributed by atoms with van der Waals surface area (Å²) in [6.45, 7) is 0.544. The normalized spacial score (nSPS) is 16.5. The Morgan fingerprint density at radius 1 is 1.57 bits per heavy atom. The van der Waals surface area contributed by atoms with E-state index in [1.165, 1.54) is 13.3 Å². The maximum Gasteiger partial charge on any atom is 0.356 e. The fourth-order valence-electron chi connectivity index (χ4n) is 2.55. The largest absolute Gasteiger partial charge is 0.493 e. The van der Waals surface area contributed by atoms with Gasteiger partial charge in [-0.15, -0.1) is 0 Å². The zero-order valence-corrected chi connectivity index (χ0v) is 11.4. The molecular formula is C15H13N3O3. The molecule has 2 aromatic rings. The summed E-state index contributed by atoms with van der Waals surface area (Å²) in [5.74, 6) is 0.298. The first kappa shape index (κ1) is 13.2. The topological polar surface area (TPSA) is 77.1 Å². The molecule has 1 aromatic heterocycles. The second kappa shape index (κ2) is 5.29.